The van der Waals surface area contributed by atoms with Crippen molar-refractivity contribution in [2.75, 3.05) is 0 Å². The summed E-state index contributed by atoms with van der Waals surface area (Å²) in [7, 11) is 0. The van der Waals surface area contributed by atoms with Crippen LogP contribution in [0.5, 0.6) is 0 Å². The summed E-state index contributed by atoms with van der Waals surface area (Å²) in [5.41, 5.74) is 2.87. The fraction of sp³-hybridized carbons (Fsp3) is 0.417. The Morgan fingerprint density at radius 2 is 1.87 bits per heavy atom. The molecule has 0 fully saturated rings. The van der Waals surface area contributed by atoms with E-state index in [0.29, 0.717) is 36.7 Å². The molecular formula is C24H31N3O3. The largest absolute Gasteiger partial charge is 0.467 e. The molecule has 3 aromatic rings. The molecular weight excluding hydrogens is 378 g/mol. The van der Waals surface area contributed by atoms with Crippen LogP contribution in [0.15, 0.2) is 57.8 Å². The Labute approximate surface area is 178 Å². The summed E-state index contributed by atoms with van der Waals surface area (Å²) in [5.74, 6) is 1.48. The number of carbonyl (C=O) groups excluding carboxylic acids is 1. The highest BCUT2D eigenvalue weighted by atomic mass is 16.3. The second-order valence-electron chi connectivity index (χ2n) is 7.95. The summed E-state index contributed by atoms with van der Waals surface area (Å²) in [6.07, 6.45) is 4.01. The normalized spacial score (nSPS) is 12.5. The number of aromatic nitrogens is 1. The highest BCUT2D eigenvalue weighted by Gasteiger charge is 2.18. The minimum absolute atomic E-state index is 0.277. The van der Waals surface area contributed by atoms with Crippen molar-refractivity contribution < 1.29 is 13.6 Å². The molecule has 0 spiro atoms. The van der Waals surface area contributed by atoms with Gasteiger partial charge in [-0.2, -0.15) is 0 Å². The third-order valence-corrected chi connectivity index (χ3v) is 5.37. The first kappa shape index (κ1) is 21.8. The third-order valence-electron chi connectivity index (χ3n) is 5.37. The monoisotopic (exact) mass is 409 g/mol. The molecule has 0 saturated heterocycles. The molecule has 160 valence electrons. The molecule has 30 heavy (non-hydrogen) atoms. The molecule has 0 bridgehead atoms. The van der Waals surface area contributed by atoms with Crippen molar-refractivity contribution in [1.82, 2.24) is 15.2 Å². The van der Waals surface area contributed by atoms with Crippen molar-refractivity contribution >= 4 is 5.91 Å². The van der Waals surface area contributed by atoms with Crippen LogP contribution in [0.25, 0.3) is 0 Å². The van der Waals surface area contributed by atoms with Gasteiger partial charge in [-0.3, -0.25) is 9.69 Å². The van der Waals surface area contributed by atoms with Crippen LogP contribution in [0.2, 0.25) is 0 Å². The molecule has 0 aliphatic carbocycles. The predicted octanol–water partition coefficient (Wildman–Crippen LogP) is 5.12. The molecule has 6 heteroatoms. The lowest BCUT2D eigenvalue weighted by Gasteiger charge is -2.27. The van der Waals surface area contributed by atoms with Gasteiger partial charge in [0.15, 0.2) is 5.69 Å². The average molecular weight is 410 g/mol. The standard InChI is InChI=1S/C24H31N3O3/c1-5-18(4)27(14-19-8-10-20(11-9-19)17(2)3)15-23-26-22(16-30-23)24(28)25-13-21-7-6-12-29-21/h6-12,16-18H,5,13-15H2,1-4H3,(H,25,28). The second kappa shape index (κ2) is 10.3. The van der Waals surface area contributed by atoms with Gasteiger partial charge in [-0.05, 0) is 42.5 Å². The molecule has 1 N–H and O–H groups in total. The van der Waals surface area contributed by atoms with Gasteiger partial charge in [0.25, 0.3) is 5.91 Å². The SMILES string of the molecule is CCC(C)N(Cc1ccc(C(C)C)cc1)Cc1nc(C(=O)NCc2ccco2)co1. The zero-order valence-corrected chi connectivity index (χ0v) is 18.2. The second-order valence-corrected chi connectivity index (χ2v) is 7.95. The van der Waals surface area contributed by atoms with Crippen LogP contribution in [-0.4, -0.2) is 21.8 Å². The zero-order valence-electron chi connectivity index (χ0n) is 18.2. The molecule has 1 aromatic carbocycles. The molecule has 0 aliphatic heterocycles. The molecule has 0 aliphatic rings. The summed E-state index contributed by atoms with van der Waals surface area (Å²) in [5, 5.41) is 2.79. The molecule has 3 rings (SSSR count). The van der Waals surface area contributed by atoms with Crippen molar-refractivity contribution in [2.45, 2.75) is 65.7 Å². The maximum Gasteiger partial charge on any atom is 0.273 e. The van der Waals surface area contributed by atoms with Crippen LogP contribution in [0.3, 0.4) is 0 Å². The Morgan fingerprint density at radius 3 is 2.50 bits per heavy atom. The summed E-state index contributed by atoms with van der Waals surface area (Å²) >= 11 is 0. The van der Waals surface area contributed by atoms with Crippen LogP contribution in [0.1, 0.15) is 73.3 Å². The van der Waals surface area contributed by atoms with Crippen LogP contribution in [0, 0.1) is 0 Å². The summed E-state index contributed by atoms with van der Waals surface area (Å²) in [4.78, 5) is 19.0. The number of furan rings is 1. The van der Waals surface area contributed by atoms with Gasteiger partial charge >= 0.3 is 0 Å². The van der Waals surface area contributed by atoms with E-state index in [-0.39, 0.29) is 11.6 Å². The molecule has 2 aromatic heterocycles. The first-order valence-corrected chi connectivity index (χ1v) is 10.5. The third kappa shape index (κ3) is 5.83. The lowest BCUT2D eigenvalue weighted by atomic mass is 10.0. The van der Waals surface area contributed by atoms with Crippen molar-refractivity contribution in [3.05, 3.63) is 77.4 Å². The molecule has 1 amide bonds. The van der Waals surface area contributed by atoms with Crippen molar-refractivity contribution in [3.8, 4) is 0 Å². The van der Waals surface area contributed by atoms with Crippen molar-refractivity contribution in [3.63, 3.8) is 0 Å². The van der Waals surface area contributed by atoms with Crippen LogP contribution in [-0.2, 0) is 19.6 Å². The molecule has 6 nitrogen and oxygen atoms in total. The number of hydrogen-bond acceptors (Lipinski definition) is 5. The van der Waals surface area contributed by atoms with E-state index in [0.717, 1.165) is 13.0 Å². The maximum atomic E-state index is 12.3. The number of nitrogens with one attached hydrogen (secondary N) is 1. The van der Waals surface area contributed by atoms with Gasteiger partial charge in [0.2, 0.25) is 5.89 Å². The van der Waals surface area contributed by atoms with Gasteiger partial charge in [0.05, 0.1) is 19.4 Å². The quantitative estimate of drug-likeness (QED) is 0.503. The van der Waals surface area contributed by atoms with E-state index in [1.807, 2.05) is 6.07 Å². The first-order valence-electron chi connectivity index (χ1n) is 10.5. The van der Waals surface area contributed by atoms with E-state index in [9.17, 15) is 4.79 Å². The highest BCUT2D eigenvalue weighted by Crippen LogP contribution is 2.18. The number of oxazole rings is 1. The first-order chi connectivity index (χ1) is 14.5. The average Bonchev–Trinajstić information content (AvgIpc) is 3.43. The number of rotatable bonds is 10. The number of carbonyl (C=O) groups is 1. The Morgan fingerprint density at radius 1 is 1.10 bits per heavy atom. The van der Waals surface area contributed by atoms with Gasteiger partial charge in [0, 0.05) is 12.6 Å². The van der Waals surface area contributed by atoms with Crippen LogP contribution in [0.4, 0.5) is 0 Å². The molecule has 1 atom stereocenters. The maximum absolute atomic E-state index is 12.3. The molecule has 2 heterocycles. The Hall–Kier alpha value is -2.86. The van der Waals surface area contributed by atoms with Crippen LogP contribution < -0.4 is 5.32 Å². The Kier molecular flexibility index (Phi) is 7.46. The van der Waals surface area contributed by atoms with Crippen molar-refractivity contribution in [1.29, 1.82) is 0 Å². The number of amides is 1. The topological polar surface area (TPSA) is 71.5 Å². The van der Waals surface area contributed by atoms with E-state index in [1.165, 1.54) is 17.4 Å². The van der Waals surface area contributed by atoms with Gasteiger partial charge in [-0.25, -0.2) is 4.98 Å². The fourth-order valence-corrected chi connectivity index (χ4v) is 3.20. The smallest absolute Gasteiger partial charge is 0.273 e. The number of benzene rings is 1. The number of nitrogens with zero attached hydrogens (tertiary/aromatic N) is 2. The summed E-state index contributed by atoms with van der Waals surface area (Å²) in [6.45, 7) is 10.4. The minimum Gasteiger partial charge on any atom is -0.467 e. The van der Waals surface area contributed by atoms with E-state index in [2.05, 4.69) is 67.2 Å². The van der Waals surface area contributed by atoms with E-state index >= 15 is 0 Å². The summed E-state index contributed by atoms with van der Waals surface area (Å²) < 4.78 is 10.8. The van der Waals surface area contributed by atoms with Crippen LogP contribution >= 0.6 is 0 Å². The van der Waals surface area contributed by atoms with E-state index in [1.54, 1.807) is 12.3 Å². The van der Waals surface area contributed by atoms with Gasteiger partial charge in [-0.15, -0.1) is 0 Å². The predicted molar refractivity (Wildman–Crippen MR) is 116 cm³/mol. The van der Waals surface area contributed by atoms with Crippen molar-refractivity contribution in [2.24, 2.45) is 0 Å². The lowest BCUT2D eigenvalue weighted by Crippen LogP contribution is -2.32. The highest BCUT2D eigenvalue weighted by molar-refractivity contribution is 5.91. The molecule has 0 saturated carbocycles. The molecule has 1 unspecified atom stereocenters. The Bertz CT molecular complexity index is 914. The molecule has 0 radical (unpaired) electrons. The minimum atomic E-state index is -0.277. The fourth-order valence-electron chi connectivity index (χ4n) is 3.20. The summed E-state index contributed by atoms with van der Waals surface area (Å²) in [6, 6.07) is 12.7. The van der Waals surface area contributed by atoms with E-state index in [4.69, 9.17) is 8.83 Å². The lowest BCUT2D eigenvalue weighted by molar-refractivity contribution is 0.0943. The van der Waals surface area contributed by atoms with Gasteiger partial charge in [-0.1, -0.05) is 45.0 Å². The Balaban J connectivity index is 1.62. The van der Waals surface area contributed by atoms with E-state index < -0.39 is 0 Å². The zero-order chi connectivity index (χ0) is 21.5. The number of hydrogen-bond donors (Lipinski definition) is 1. The van der Waals surface area contributed by atoms with Gasteiger partial charge in [0.1, 0.15) is 12.0 Å². The van der Waals surface area contributed by atoms with Gasteiger partial charge < -0.3 is 14.2 Å².